The lowest BCUT2D eigenvalue weighted by Gasteiger charge is -2.18. The summed E-state index contributed by atoms with van der Waals surface area (Å²) in [5, 5.41) is 0.128. The Morgan fingerprint density at radius 3 is 2.52 bits per heavy atom. The van der Waals surface area contributed by atoms with E-state index in [0.717, 1.165) is 18.0 Å². The third-order valence-electron chi connectivity index (χ3n) is 2.89. The third kappa shape index (κ3) is 3.98. The van der Waals surface area contributed by atoms with E-state index in [-0.39, 0.29) is 11.3 Å². The Bertz CT molecular complexity index is 607. The van der Waals surface area contributed by atoms with E-state index < -0.39 is 0 Å². The maximum atomic E-state index is 5.97. The van der Waals surface area contributed by atoms with Crippen molar-refractivity contribution < 1.29 is 4.74 Å². The van der Waals surface area contributed by atoms with Crippen LogP contribution in [0.25, 0.3) is 0 Å². The molecule has 2 rings (SSSR count). The van der Waals surface area contributed by atoms with Crippen LogP contribution in [0.5, 0.6) is 11.8 Å². The molecule has 2 aromatic rings. The standard InChI is InChI=1S/C14H17ClN4OS/c1-4-19(5-2)13-16-12(15)17-14(18-13)20-10-8-6-7-9-11(10)21-3/h6-9H,4-5H2,1-3H3. The highest BCUT2D eigenvalue weighted by Gasteiger charge is 2.12. The van der Waals surface area contributed by atoms with Gasteiger partial charge in [0.25, 0.3) is 0 Å². The van der Waals surface area contributed by atoms with Crippen molar-refractivity contribution in [3.05, 3.63) is 29.5 Å². The maximum Gasteiger partial charge on any atom is 0.328 e. The van der Waals surface area contributed by atoms with E-state index in [0.29, 0.717) is 11.7 Å². The molecule has 0 aliphatic rings. The van der Waals surface area contributed by atoms with Crippen molar-refractivity contribution in [2.75, 3.05) is 24.2 Å². The van der Waals surface area contributed by atoms with Crippen LogP contribution in [0.15, 0.2) is 29.2 Å². The molecular formula is C14H17ClN4OS. The van der Waals surface area contributed by atoms with Crippen LogP contribution in [0.4, 0.5) is 5.95 Å². The van der Waals surface area contributed by atoms with Gasteiger partial charge < -0.3 is 9.64 Å². The number of benzene rings is 1. The number of aromatic nitrogens is 3. The lowest BCUT2D eigenvalue weighted by molar-refractivity contribution is 0.429. The van der Waals surface area contributed by atoms with Gasteiger partial charge in [-0.15, -0.1) is 11.8 Å². The van der Waals surface area contributed by atoms with Crippen LogP contribution in [-0.4, -0.2) is 34.3 Å². The number of hydrogen-bond donors (Lipinski definition) is 0. The minimum atomic E-state index is 0.128. The number of halogens is 1. The molecule has 0 amide bonds. The summed E-state index contributed by atoms with van der Waals surface area (Å²) in [5.74, 6) is 1.23. The summed E-state index contributed by atoms with van der Waals surface area (Å²) in [7, 11) is 0. The largest absolute Gasteiger partial charge is 0.423 e. The van der Waals surface area contributed by atoms with Crippen LogP contribution in [0.3, 0.4) is 0 Å². The molecular weight excluding hydrogens is 308 g/mol. The number of thioether (sulfide) groups is 1. The van der Waals surface area contributed by atoms with E-state index >= 15 is 0 Å². The molecule has 7 heteroatoms. The van der Waals surface area contributed by atoms with Crippen molar-refractivity contribution in [2.24, 2.45) is 0 Å². The topological polar surface area (TPSA) is 51.1 Å². The lowest BCUT2D eigenvalue weighted by atomic mass is 10.3. The van der Waals surface area contributed by atoms with Gasteiger partial charge in [0.05, 0.1) is 0 Å². The van der Waals surface area contributed by atoms with Gasteiger partial charge in [-0.3, -0.25) is 0 Å². The first-order valence-corrected chi connectivity index (χ1v) is 8.25. The molecule has 112 valence electrons. The normalized spacial score (nSPS) is 10.5. The van der Waals surface area contributed by atoms with Gasteiger partial charge in [0.15, 0.2) is 0 Å². The van der Waals surface area contributed by atoms with Crippen LogP contribution in [0, 0.1) is 0 Å². The molecule has 21 heavy (non-hydrogen) atoms. The summed E-state index contributed by atoms with van der Waals surface area (Å²) in [6, 6.07) is 7.93. The molecule has 1 heterocycles. The summed E-state index contributed by atoms with van der Waals surface area (Å²) < 4.78 is 5.77. The van der Waals surface area contributed by atoms with Crippen molar-refractivity contribution in [3.63, 3.8) is 0 Å². The Morgan fingerprint density at radius 1 is 1.14 bits per heavy atom. The Labute approximate surface area is 133 Å². The zero-order chi connectivity index (χ0) is 15.2. The number of anilines is 1. The molecule has 0 radical (unpaired) electrons. The fourth-order valence-corrected chi connectivity index (χ4v) is 2.49. The van der Waals surface area contributed by atoms with E-state index in [1.54, 1.807) is 11.8 Å². The Morgan fingerprint density at radius 2 is 1.86 bits per heavy atom. The molecule has 0 bridgehead atoms. The van der Waals surface area contributed by atoms with Gasteiger partial charge in [-0.2, -0.15) is 15.0 Å². The second-order valence-corrected chi connectivity index (χ2v) is 5.30. The van der Waals surface area contributed by atoms with Crippen molar-refractivity contribution in [3.8, 4) is 11.8 Å². The zero-order valence-electron chi connectivity index (χ0n) is 12.2. The van der Waals surface area contributed by atoms with Gasteiger partial charge >= 0.3 is 6.01 Å². The van der Waals surface area contributed by atoms with Gasteiger partial charge in [-0.1, -0.05) is 12.1 Å². The van der Waals surface area contributed by atoms with Gasteiger partial charge in [-0.05, 0) is 43.8 Å². The van der Waals surface area contributed by atoms with Crippen molar-refractivity contribution in [2.45, 2.75) is 18.7 Å². The smallest absolute Gasteiger partial charge is 0.328 e. The summed E-state index contributed by atoms with van der Waals surface area (Å²) in [4.78, 5) is 15.5. The number of nitrogens with zero attached hydrogens (tertiary/aromatic N) is 4. The minimum absolute atomic E-state index is 0.128. The number of rotatable bonds is 6. The van der Waals surface area contributed by atoms with E-state index in [4.69, 9.17) is 16.3 Å². The fourth-order valence-electron chi connectivity index (χ4n) is 1.82. The van der Waals surface area contributed by atoms with E-state index in [1.807, 2.05) is 49.3 Å². The summed E-state index contributed by atoms with van der Waals surface area (Å²) in [6.45, 7) is 5.64. The van der Waals surface area contributed by atoms with Crippen molar-refractivity contribution >= 4 is 29.3 Å². The van der Waals surface area contributed by atoms with Crippen molar-refractivity contribution in [1.82, 2.24) is 15.0 Å². The molecule has 0 atom stereocenters. The van der Waals surface area contributed by atoms with Crippen LogP contribution < -0.4 is 9.64 Å². The molecule has 0 spiro atoms. The Hall–Kier alpha value is -1.53. The fraction of sp³-hybridized carbons (Fsp3) is 0.357. The Kier molecular flexibility index (Phi) is 5.64. The monoisotopic (exact) mass is 324 g/mol. The van der Waals surface area contributed by atoms with Crippen LogP contribution in [0.2, 0.25) is 5.28 Å². The molecule has 0 aliphatic heterocycles. The van der Waals surface area contributed by atoms with Crippen molar-refractivity contribution in [1.29, 1.82) is 0 Å². The van der Waals surface area contributed by atoms with Gasteiger partial charge in [0, 0.05) is 18.0 Å². The highest BCUT2D eigenvalue weighted by Crippen LogP contribution is 2.30. The number of ether oxygens (including phenoxy) is 1. The van der Waals surface area contributed by atoms with E-state index in [2.05, 4.69) is 15.0 Å². The number of hydrogen-bond acceptors (Lipinski definition) is 6. The SMILES string of the molecule is CCN(CC)c1nc(Cl)nc(Oc2ccccc2SC)n1. The second kappa shape index (κ2) is 7.47. The van der Waals surface area contributed by atoms with Gasteiger partial charge in [0.2, 0.25) is 11.2 Å². The molecule has 0 fully saturated rings. The molecule has 0 unspecified atom stereocenters. The molecule has 0 aliphatic carbocycles. The average Bonchev–Trinajstić information content (AvgIpc) is 2.48. The van der Waals surface area contributed by atoms with E-state index in [9.17, 15) is 0 Å². The highest BCUT2D eigenvalue weighted by molar-refractivity contribution is 7.98. The quantitative estimate of drug-likeness (QED) is 0.751. The van der Waals surface area contributed by atoms with Crippen LogP contribution in [-0.2, 0) is 0 Å². The lowest BCUT2D eigenvalue weighted by Crippen LogP contribution is -2.24. The zero-order valence-corrected chi connectivity index (χ0v) is 13.8. The summed E-state index contributed by atoms with van der Waals surface area (Å²) >= 11 is 7.57. The molecule has 1 aromatic heterocycles. The first kappa shape index (κ1) is 15.9. The highest BCUT2D eigenvalue weighted by atomic mass is 35.5. The molecule has 0 N–H and O–H groups in total. The third-order valence-corrected chi connectivity index (χ3v) is 3.84. The summed E-state index contributed by atoms with van der Waals surface area (Å²) in [5.41, 5.74) is 0. The van der Waals surface area contributed by atoms with E-state index in [1.165, 1.54) is 0 Å². The van der Waals surface area contributed by atoms with Crippen LogP contribution in [0.1, 0.15) is 13.8 Å². The average molecular weight is 325 g/mol. The second-order valence-electron chi connectivity index (χ2n) is 4.11. The van der Waals surface area contributed by atoms with Gasteiger partial charge in [-0.25, -0.2) is 0 Å². The maximum absolute atomic E-state index is 5.97. The Balaban J connectivity index is 2.32. The first-order chi connectivity index (χ1) is 10.2. The molecule has 1 aromatic carbocycles. The number of para-hydroxylation sites is 1. The first-order valence-electron chi connectivity index (χ1n) is 6.65. The molecule has 0 saturated heterocycles. The van der Waals surface area contributed by atoms with Gasteiger partial charge in [0.1, 0.15) is 5.75 Å². The molecule has 5 nitrogen and oxygen atoms in total. The predicted octanol–water partition coefficient (Wildman–Crippen LogP) is 3.89. The van der Waals surface area contributed by atoms with Crippen LogP contribution >= 0.6 is 23.4 Å². The minimum Gasteiger partial charge on any atom is -0.423 e. The molecule has 0 saturated carbocycles. The predicted molar refractivity (Wildman–Crippen MR) is 86.7 cm³/mol. The summed E-state index contributed by atoms with van der Waals surface area (Å²) in [6.07, 6.45) is 1.99.